The number of hydrogen-bond donors (Lipinski definition) is 2. The van der Waals surface area contributed by atoms with E-state index in [2.05, 4.69) is 10.6 Å². The summed E-state index contributed by atoms with van der Waals surface area (Å²) in [7, 11) is 1.36. The van der Waals surface area contributed by atoms with E-state index in [0.29, 0.717) is 27.2 Å². The van der Waals surface area contributed by atoms with Crippen molar-refractivity contribution in [2.75, 3.05) is 24.5 Å². The quantitative estimate of drug-likeness (QED) is 0.636. The van der Waals surface area contributed by atoms with E-state index in [-0.39, 0.29) is 12.8 Å². The fourth-order valence-corrected chi connectivity index (χ4v) is 3.64. The van der Waals surface area contributed by atoms with Crippen LogP contribution in [0.4, 0.5) is 10.7 Å². The van der Waals surface area contributed by atoms with Gasteiger partial charge in [0.05, 0.1) is 12.7 Å². The van der Waals surface area contributed by atoms with Crippen LogP contribution in [0.5, 0.6) is 11.5 Å². The maximum atomic E-state index is 12.0. The minimum atomic E-state index is -0.384. The van der Waals surface area contributed by atoms with Crippen molar-refractivity contribution in [1.82, 2.24) is 0 Å². The van der Waals surface area contributed by atoms with E-state index >= 15 is 0 Å². The molecule has 0 atom stereocenters. The number of ether oxygens (including phenoxy) is 3. The molecule has 0 amide bonds. The van der Waals surface area contributed by atoms with Gasteiger partial charge in [0.1, 0.15) is 5.00 Å². The Labute approximate surface area is 148 Å². The summed E-state index contributed by atoms with van der Waals surface area (Å²) in [6.07, 6.45) is 0. The summed E-state index contributed by atoms with van der Waals surface area (Å²) in [6.45, 7) is 4.06. The number of anilines is 2. The van der Waals surface area contributed by atoms with E-state index in [1.54, 1.807) is 0 Å². The third-order valence-corrected chi connectivity index (χ3v) is 4.96. The van der Waals surface area contributed by atoms with Crippen LogP contribution >= 0.6 is 23.6 Å². The molecule has 0 aliphatic carbocycles. The van der Waals surface area contributed by atoms with E-state index in [1.165, 1.54) is 18.4 Å². The van der Waals surface area contributed by atoms with Crippen LogP contribution in [0.25, 0.3) is 0 Å². The van der Waals surface area contributed by atoms with Crippen LogP contribution in [-0.2, 0) is 4.74 Å². The zero-order valence-corrected chi connectivity index (χ0v) is 15.0. The Morgan fingerprint density at radius 1 is 1.25 bits per heavy atom. The number of nitrogens with one attached hydrogen (secondary N) is 2. The molecule has 1 aliphatic rings. The molecule has 1 aliphatic heterocycles. The number of aryl methyl sites for hydroxylation is 1. The number of fused-ring (bicyclic) bond motifs is 1. The molecule has 2 heterocycles. The van der Waals surface area contributed by atoms with Gasteiger partial charge in [0, 0.05) is 16.6 Å². The Morgan fingerprint density at radius 3 is 2.75 bits per heavy atom. The Hall–Kier alpha value is -2.32. The first-order chi connectivity index (χ1) is 11.5. The summed E-state index contributed by atoms with van der Waals surface area (Å²) in [5, 5.41) is 7.18. The third kappa shape index (κ3) is 3.15. The summed E-state index contributed by atoms with van der Waals surface area (Å²) in [6, 6.07) is 5.46. The molecule has 0 radical (unpaired) electrons. The highest BCUT2D eigenvalue weighted by molar-refractivity contribution is 7.80. The number of esters is 1. The first-order valence-corrected chi connectivity index (χ1v) is 8.38. The van der Waals surface area contributed by atoms with Crippen molar-refractivity contribution >= 4 is 45.3 Å². The monoisotopic (exact) mass is 364 g/mol. The first-order valence-electron chi connectivity index (χ1n) is 7.15. The minimum Gasteiger partial charge on any atom is -0.465 e. The van der Waals surface area contributed by atoms with Gasteiger partial charge in [-0.2, -0.15) is 0 Å². The van der Waals surface area contributed by atoms with Crippen LogP contribution in [0.15, 0.2) is 18.2 Å². The maximum absolute atomic E-state index is 12.0. The average molecular weight is 364 g/mol. The fourth-order valence-electron chi connectivity index (χ4n) is 2.30. The number of methoxy groups -OCH3 is 1. The lowest BCUT2D eigenvalue weighted by Crippen LogP contribution is -2.20. The molecule has 0 bridgehead atoms. The highest BCUT2D eigenvalue weighted by atomic mass is 32.1. The minimum absolute atomic E-state index is 0.220. The van der Waals surface area contributed by atoms with Gasteiger partial charge in [-0.15, -0.1) is 11.3 Å². The number of hydrogen-bond acceptors (Lipinski definition) is 6. The van der Waals surface area contributed by atoms with Crippen molar-refractivity contribution < 1.29 is 19.0 Å². The summed E-state index contributed by atoms with van der Waals surface area (Å²) in [4.78, 5) is 13.0. The zero-order chi connectivity index (χ0) is 17.3. The zero-order valence-electron chi connectivity index (χ0n) is 13.4. The Balaban J connectivity index is 1.76. The third-order valence-electron chi connectivity index (χ3n) is 3.63. The molecule has 6 nitrogen and oxygen atoms in total. The largest absolute Gasteiger partial charge is 0.465 e. The van der Waals surface area contributed by atoms with Gasteiger partial charge >= 0.3 is 5.97 Å². The molecular formula is C16H16N2O4S2. The highest BCUT2D eigenvalue weighted by Gasteiger charge is 2.21. The summed E-state index contributed by atoms with van der Waals surface area (Å²) in [5.74, 6) is 0.989. The lowest BCUT2D eigenvalue weighted by Gasteiger charge is -2.11. The number of carbonyl (C=O) groups excluding carboxylic acids is 1. The standard InChI is InChI=1S/C16H16N2O4S2/c1-8-9(2)24-14(13(8)15(19)20-3)18-16(23)17-10-4-5-11-12(6-10)22-7-21-11/h4-6H,7H2,1-3H3,(H2,17,18,23). The number of benzene rings is 1. The molecule has 3 rings (SSSR count). The van der Waals surface area contributed by atoms with E-state index in [9.17, 15) is 4.79 Å². The van der Waals surface area contributed by atoms with Crippen molar-refractivity contribution in [2.24, 2.45) is 0 Å². The van der Waals surface area contributed by atoms with Gasteiger partial charge in [-0.1, -0.05) is 0 Å². The van der Waals surface area contributed by atoms with Gasteiger partial charge in [-0.25, -0.2) is 4.79 Å². The average Bonchev–Trinajstić information content (AvgIpc) is 3.11. The Kier molecular flexibility index (Phi) is 4.59. The van der Waals surface area contributed by atoms with Crippen LogP contribution in [0.2, 0.25) is 0 Å². The van der Waals surface area contributed by atoms with Crippen molar-refractivity contribution in [3.63, 3.8) is 0 Å². The molecular weight excluding hydrogens is 348 g/mol. The van der Waals surface area contributed by atoms with Gasteiger partial charge in [-0.05, 0) is 43.8 Å². The van der Waals surface area contributed by atoms with E-state index in [4.69, 9.17) is 26.4 Å². The van der Waals surface area contributed by atoms with Crippen molar-refractivity contribution in [1.29, 1.82) is 0 Å². The second-order valence-corrected chi connectivity index (χ2v) is 6.76. The van der Waals surface area contributed by atoms with Crippen LogP contribution in [0.3, 0.4) is 0 Å². The lowest BCUT2D eigenvalue weighted by atomic mass is 10.1. The van der Waals surface area contributed by atoms with Crippen LogP contribution < -0.4 is 20.1 Å². The molecule has 2 aromatic rings. The number of thiophene rings is 1. The maximum Gasteiger partial charge on any atom is 0.341 e. The van der Waals surface area contributed by atoms with Gasteiger partial charge in [0.2, 0.25) is 6.79 Å². The van der Waals surface area contributed by atoms with Crippen LogP contribution in [0, 0.1) is 13.8 Å². The molecule has 0 saturated carbocycles. The van der Waals surface area contributed by atoms with Crippen molar-refractivity contribution in [2.45, 2.75) is 13.8 Å². The van der Waals surface area contributed by atoms with E-state index < -0.39 is 0 Å². The van der Waals surface area contributed by atoms with Crippen molar-refractivity contribution in [3.8, 4) is 11.5 Å². The molecule has 0 spiro atoms. The molecule has 0 fully saturated rings. The summed E-state index contributed by atoms with van der Waals surface area (Å²) in [5.41, 5.74) is 2.16. The molecule has 0 unspecified atom stereocenters. The van der Waals surface area contributed by atoms with Crippen LogP contribution in [0.1, 0.15) is 20.8 Å². The number of thiocarbonyl (C=S) groups is 1. The summed E-state index contributed by atoms with van der Waals surface area (Å²) < 4.78 is 15.5. The van der Waals surface area contributed by atoms with Crippen molar-refractivity contribution in [3.05, 3.63) is 34.2 Å². The fraction of sp³-hybridized carbons (Fsp3) is 0.250. The van der Waals surface area contributed by atoms with Gasteiger partial charge in [0.25, 0.3) is 0 Å². The predicted molar refractivity (Wildman–Crippen MR) is 97.5 cm³/mol. The molecule has 126 valence electrons. The van der Waals surface area contributed by atoms with E-state index in [1.807, 2.05) is 32.0 Å². The smallest absolute Gasteiger partial charge is 0.341 e. The second kappa shape index (κ2) is 6.66. The topological polar surface area (TPSA) is 68.8 Å². The molecule has 1 aromatic heterocycles. The molecule has 24 heavy (non-hydrogen) atoms. The Bertz CT molecular complexity index is 817. The molecule has 8 heteroatoms. The second-order valence-electron chi connectivity index (χ2n) is 5.13. The number of rotatable bonds is 3. The molecule has 0 saturated heterocycles. The van der Waals surface area contributed by atoms with E-state index in [0.717, 1.165) is 16.1 Å². The summed E-state index contributed by atoms with van der Waals surface area (Å²) >= 11 is 6.80. The predicted octanol–water partition coefficient (Wildman–Crippen LogP) is 3.69. The lowest BCUT2D eigenvalue weighted by molar-refractivity contribution is 0.0601. The Morgan fingerprint density at radius 2 is 2.00 bits per heavy atom. The SMILES string of the molecule is COC(=O)c1c(NC(=S)Nc2ccc3c(c2)OCO3)sc(C)c1C. The van der Waals surface area contributed by atoms with Gasteiger partial charge in [-0.3, -0.25) is 0 Å². The van der Waals surface area contributed by atoms with Gasteiger partial charge in [0.15, 0.2) is 16.6 Å². The highest BCUT2D eigenvalue weighted by Crippen LogP contribution is 2.35. The first kappa shape index (κ1) is 16.5. The normalized spacial score (nSPS) is 12.0. The number of carbonyl (C=O) groups is 1. The van der Waals surface area contributed by atoms with Crippen LogP contribution in [-0.4, -0.2) is 25.0 Å². The molecule has 1 aromatic carbocycles. The van der Waals surface area contributed by atoms with Gasteiger partial charge < -0.3 is 24.8 Å². The molecule has 2 N–H and O–H groups in total.